The number of methoxy groups -OCH3 is 1. The molecule has 1 aliphatic heterocycles. The van der Waals surface area contributed by atoms with Crippen LogP contribution >= 0.6 is 0 Å². The lowest BCUT2D eigenvalue weighted by Gasteiger charge is -2.20. The van der Waals surface area contributed by atoms with E-state index in [9.17, 15) is 14.4 Å². The number of nitrogens with zero attached hydrogens (tertiary/aromatic N) is 1. The molecule has 1 fully saturated rings. The zero-order valence-corrected chi connectivity index (χ0v) is 10.7. The number of carboxylic acid groups (broad SMARTS) is 1. The van der Waals surface area contributed by atoms with Gasteiger partial charge in [-0.15, -0.1) is 0 Å². The largest absolute Gasteiger partial charge is 0.480 e. The Hall–Kier alpha value is -1.83. The number of carbonyl (C=O) groups excluding carboxylic acids is 2. The molecule has 1 saturated heterocycles. The number of carboxylic acids is 1. The number of ether oxygens (including phenoxy) is 1. The molecule has 0 aromatic rings. The van der Waals surface area contributed by atoms with E-state index >= 15 is 0 Å². The van der Waals surface area contributed by atoms with Crippen LogP contribution in [0.5, 0.6) is 0 Å². The molecule has 3 N–H and O–H groups in total. The lowest BCUT2D eigenvalue weighted by molar-refractivity contribution is -0.145. The van der Waals surface area contributed by atoms with Crippen molar-refractivity contribution in [2.24, 2.45) is 5.92 Å². The van der Waals surface area contributed by atoms with Crippen molar-refractivity contribution in [3.63, 3.8) is 0 Å². The molecule has 0 aliphatic carbocycles. The highest BCUT2D eigenvalue weighted by Gasteiger charge is 2.33. The standard InChI is InChI=1S/C11H18N2O6/c1-19-10(17)7-2-4-13(6-7)11(18)12-8(3-5-14)9(15)16/h7-8,14H,2-6H2,1H3,(H,12,18)(H,15,16)/t7?,8-/m0/s1. The zero-order chi connectivity index (χ0) is 14.4. The third kappa shape index (κ3) is 4.09. The van der Waals surface area contributed by atoms with Crippen LogP contribution in [0.25, 0.3) is 0 Å². The SMILES string of the molecule is COC(=O)C1CCN(C(=O)N[C@@H](CCO)C(=O)O)C1. The van der Waals surface area contributed by atoms with Crippen molar-refractivity contribution in [1.29, 1.82) is 0 Å². The van der Waals surface area contributed by atoms with E-state index < -0.39 is 18.0 Å². The van der Waals surface area contributed by atoms with Crippen LogP contribution in [-0.4, -0.2) is 65.9 Å². The molecule has 1 rings (SSSR count). The fourth-order valence-corrected chi connectivity index (χ4v) is 1.93. The molecule has 19 heavy (non-hydrogen) atoms. The van der Waals surface area contributed by atoms with Crippen LogP contribution < -0.4 is 5.32 Å². The summed E-state index contributed by atoms with van der Waals surface area (Å²) in [4.78, 5) is 35.3. The van der Waals surface area contributed by atoms with Gasteiger partial charge in [0.05, 0.1) is 13.0 Å². The minimum absolute atomic E-state index is 0.0602. The molecule has 8 heteroatoms. The van der Waals surface area contributed by atoms with Gasteiger partial charge < -0.3 is 25.2 Å². The van der Waals surface area contributed by atoms with Gasteiger partial charge in [-0.05, 0) is 6.42 Å². The maximum atomic E-state index is 11.8. The van der Waals surface area contributed by atoms with Crippen LogP contribution in [-0.2, 0) is 14.3 Å². The predicted octanol–water partition coefficient (Wildman–Crippen LogP) is -0.973. The minimum Gasteiger partial charge on any atom is -0.480 e. The Morgan fingerprint density at radius 3 is 2.68 bits per heavy atom. The molecule has 2 atom stereocenters. The van der Waals surface area contributed by atoms with Gasteiger partial charge in [-0.2, -0.15) is 0 Å². The van der Waals surface area contributed by atoms with E-state index in [1.54, 1.807) is 0 Å². The summed E-state index contributed by atoms with van der Waals surface area (Å²) >= 11 is 0. The minimum atomic E-state index is -1.20. The Labute approximate surface area is 110 Å². The first-order chi connectivity index (χ1) is 8.99. The van der Waals surface area contributed by atoms with Crippen molar-refractivity contribution in [1.82, 2.24) is 10.2 Å². The first kappa shape index (κ1) is 15.2. The third-order valence-electron chi connectivity index (χ3n) is 3.02. The van der Waals surface area contributed by atoms with Gasteiger partial charge >= 0.3 is 18.0 Å². The summed E-state index contributed by atoms with van der Waals surface area (Å²) in [5.74, 6) is -1.94. The number of aliphatic carboxylic acids is 1. The van der Waals surface area contributed by atoms with Gasteiger partial charge in [0.1, 0.15) is 6.04 Å². The van der Waals surface area contributed by atoms with Gasteiger partial charge in [-0.25, -0.2) is 9.59 Å². The van der Waals surface area contributed by atoms with E-state index in [1.165, 1.54) is 12.0 Å². The van der Waals surface area contributed by atoms with Crippen molar-refractivity contribution in [2.75, 3.05) is 26.8 Å². The Morgan fingerprint density at radius 1 is 1.47 bits per heavy atom. The zero-order valence-electron chi connectivity index (χ0n) is 10.7. The molecule has 1 aliphatic rings. The number of amides is 2. The second kappa shape index (κ2) is 6.93. The van der Waals surface area contributed by atoms with Crippen LogP contribution in [0.2, 0.25) is 0 Å². The summed E-state index contributed by atoms with van der Waals surface area (Å²) in [5.41, 5.74) is 0. The summed E-state index contributed by atoms with van der Waals surface area (Å²) in [6, 6.07) is -1.68. The van der Waals surface area contributed by atoms with E-state index in [0.717, 1.165) is 0 Å². The van der Waals surface area contributed by atoms with Crippen molar-refractivity contribution in [2.45, 2.75) is 18.9 Å². The fourth-order valence-electron chi connectivity index (χ4n) is 1.93. The number of urea groups is 1. The Kier molecular flexibility index (Phi) is 5.56. The first-order valence-electron chi connectivity index (χ1n) is 5.96. The number of hydrogen-bond donors (Lipinski definition) is 3. The monoisotopic (exact) mass is 274 g/mol. The number of carbonyl (C=O) groups is 3. The summed E-state index contributed by atoms with van der Waals surface area (Å²) in [6.45, 7) is 0.253. The molecule has 1 heterocycles. The van der Waals surface area contributed by atoms with E-state index in [1.807, 2.05) is 0 Å². The average Bonchev–Trinajstić information content (AvgIpc) is 2.86. The molecule has 0 spiro atoms. The highest BCUT2D eigenvalue weighted by Crippen LogP contribution is 2.17. The number of aliphatic hydroxyl groups excluding tert-OH is 1. The van der Waals surface area contributed by atoms with Crippen LogP contribution in [0.15, 0.2) is 0 Å². The quantitative estimate of drug-likeness (QED) is 0.555. The van der Waals surface area contributed by atoms with Crippen molar-refractivity contribution >= 4 is 18.0 Å². The van der Waals surface area contributed by atoms with E-state index in [4.69, 9.17) is 10.2 Å². The van der Waals surface area contributed by atoms with Crippen LogP contribution in [0.1, 0.15) is 12.8 Å². The maximum Gasteiger partial charge on any atom is 0.326 e. The van der Waals surface area contributed by atoms with Crippen molar-refractivity contribution in [3.05, 3.63) is 0 Å². The van der Waals surface area contributed by atoms with Crippen molar-refractivity contribution in [3.8, 4) is 0 Å². The Balaban J connectivity index is 2.50. The number of likely N-dealkylation sites (tertiary alicyclic amines) is 1. The Morgan fingerprint density at radius 2 is 2.16 bits per heavy atom. The highest BCUT2D eigenvalue weighted by atomic mass is 16.5. The molecule has 8 nitrogen and oxygen atoms in total. The molecule has 0 radical (unpaired) electrons. The van der Waals surface area contributed by atoms with Crippen LogP contribution in [0.3, 0.4) is 0 Å². The second-order valence-corrected chi connectivity index (χ2v) is 4.31. The number of rotatable bonds is 5. The van der Waals surface area contributed by atoms with Gasteiger partial charge in [0, 0.05) is 26.1 Å². The third-order valence-corrected chi connectivity index (χ3v) is 3.02. The number of hydrogen-bond acceptors (Lipinski definition) is 5. The summed E-state index contributed by atoms with van der Waals surface area (Å²) in [5, 5.41) is 19.9. The smallest absolute Gasteiger partial charge is 0.326 e. The van der Waals surface area contributed by atoms with E-state index in [0.29, 0.717) is 13.0 Å². The summed E-state index contributed by atoms with van der Waals surface area (Å²) in [6.07, 6.45) is 0.438. The average molecular weight is 274 g/mol. The van der Waals surface area contributed by atoms with Gasteiger partial charge in [0.15, 0.2) is 0 Å². The molecule has 0 aromatic carbocycles. The lowest BCUT2D eigenvalue weighted by Crippen LogP contribution is -2.47. The van der Waals surface area contributed by atoms with Crippen LogP contribution in [0.4, 0.5) is 4.79 Å². The molecule has 1 unspecified atom stereocenters. The van der Waals surface area contributed by atoms with Crippen molar-refractivity contribution < 1.29 is 29.3 Å². The normalized spacial score (nSPS) is 19.9. The molecule has 0 bridgehead atoms. The Bertz CT molecular complexity index is 359. The van der Waals surface area contributed by atoms with Crippen LogP contribution in [0, 0.1) is 5.92 Å². The lowest BCUT2D eigenvalue weighted by atomic mass is 10.1. The molecule has 0 aromatic heterocycles. The topological polar surface area (TPSA) is 116 Å². The highest BCUT2D eigenvalue weighted by molar-refractivity contribution is 5.83. The van der Waals surface area contributed by atoms with E-state index in [2.05, 4.69) is 10.1 Å². The predicted molar refractivity (Wildman–Crippen MR) is 63.4 cm³/mol. The molecule has 2 amide bonds. The summed E-state index contributed by atoms with van der Waals surface area (Å²) in [7, 11) is 1.28. The van der Waals surface area contributed by atoms with Gasteiger partial charge in [0.2, 0.25) is 0 Å². The summed E-state index contributed by atoms with van der Waals surface area (Å²) < 4.78 is 4.60. The van der Waals surface area contributed by atoms with Gasteiger partial charge in [0.25, 0.3) is 0 Å². The maximum absolute atomic E-state index is 11.8. The molecule has 0 saturated carbocycles. The number of aliphatic hydroxyl groups is 1. The number of esters is 1. The van der Waals surface area contributed by atoms with Gasteiger partial charge in [-0.1, -0.05) is 0 Å². The second-order valence-electron chi connectivity index (χ2n) is 4.31. The molecule has 108 valence electrons. The molecular formula is C11H18N2O6. The number of nitrogens with one attached hydrogen (secondary N) is 1. The van der Waals surface area contributed by atoms with E-state index in [-0.39, 0.29) is 31.5 Å². The molecular weight excluding hydrogens is 256 g/mol. The van der Waals surface area contributed by atoms with Gasteiger partial charge in [-0.3, -0.25) is 4.79 Å². The fraction of sp³-hybridized carbons (Fsp3) is 0.727. The first-order valence-corrected chi connectivity index (χ1v) is 5.96.